The van der Waals surface area contributed by atoms with Gasteiger partial charge in [0.05, 0.1) is 5.60 Å². The molecular weight excluding hydrogens is 234 g/mol. The SMILES string of the molecule is CNC(CCC(C)(C)OC)C1(CC(C)C)CCCC1. The van der Waals surface area contributed by atoms with Crippen LogP contribution in [0.15, 0.2) is 0 Å². The van der Waals surface area contributed by atoms with Crippen LogP contribution in [0.2, 0.25) is 0 Å². The number of nitrogens with one attached hydrogen (secondary N) is 1. The van der Waals surface area contributed by atoms with E-state index in [1.54, 1.807) is 0 Å². The smallest absolute Gasteiger partial charge is 0.0623 e. The molecule has 1 aliphatic carbocycles. The Bertz CT molecular complexity index is 254. The molecule has 19 heavy (non-hydrogen) atoms. The third-order valence-corrected chi connectivity index (χ3v) is 5.09. The zero-order valence-electron chi connectivity index (χ0n) is 14.0. The van der Waals surface area contributed by atoms with Crippen molar-refractivity contribution in [2.75, 3.05) is 14.2 Å². The number of rotatable bonds is 8. The second kappa shape index (κ2) is 7.08. The van der Waals surface area contributed by atoms with Crippen LogP contribution in [0, 0.1) is 11.3 Å². The molecule has 0 spiro atoms. The maximum absolute atomic E-state index is 5.58. The van der Waals surface area contributed by atoms with Crippen molar-refractivity contribution in [1.29, 1.82) is 0 Å². The third-order valence-electron chi connectivity index (χ3n) is 5.09. The molecule has 0 aromatic heterocycles. The third kappa shape index (κ3) is 4.75. The molecule has 1 atom stereocenters. The van der Waals surface area contributed by atoms with Crippen molar-refractivity contribution in [2.24, 2.45) is 11.3 Å². The van der Waals surface area contributed by atoms with Gasteiger partial charge in [0.25, 0.3) is 0 Å². The van der Waals surface area contributed by atoms with Gasteiger partial charge in [-0.2, -0.15) is 0 Å². The summed E-state index contributed by atoms with van der Waals surface area (Å²) in [6.07, 6.45) is 9.37. The molecule has 1 N–H and O–H groups in total. The lowest BCUT2D eigenvalue weighted by molar-refractivity contribution is 0.00602. The standard InChI is InChI=1S/C17H35NO/c1-14(2)13-17(10-7-8-11-17)15(18-5)9-12-16(3,4)19-6/h14-15,18H,7-13H2,1-6H3. The Hall–Kier alpha value is -0.0800. The molecule has 114 valence electrons. The van der Waals surface area contributed by atoms with Gasteiger partial charge in [0.1, 0.15) is 0 Å². The highest BCUT2D eigenvalue weighted by atomic mass is 16.5. The minimum absolute atomic E-state index is 0.00667. The molecule has 0 saturated heterocycles. The summed E-state index contributed by atoms with van der Waals surface area (Å²) in [5.41, 5.74) is 0.541. The summed E-state index contributed by atoms with van der Waals surface area (Å²) in [6.45, 7) is 9.13. The van der Waals surface area contributed by atoms with Crippen molar-refractivity contribution < 1.29 is 4.74 Å². The summed E-state index contributed by atoms with van der Waals surface area (Å²) in [4.78, 5) is 0. The Labute approximate surface area is 120 Å². The Morgan fingerprint density at radius 2 is 1.79 bits per heavy atom. The summed E-state index contributed by atoms with van der Waals surface area (Å²) < 4.78 is 5.58. The van der Waals surface area contributed by atoms with E-state index in [1.165, 1.54) is 38.5 Å². The lowest BCUT2D eigenvalue weighted by Gasteiger charge is -2.40. The maximum atomic E-state index is 5.58. The first-order valence-corrected chi connectivity index (χ1v) is 8.08. The van der Waals surface area contributed by atoms with Gasteiger partial charge in [-0.3, -0.25) is 0 Å². The fourth-order valence-electron chi connectivity index (χ4n) is 3.94. The molecule has 1 saturated carbocycles. The Kier molecular flexibility index (Phi) is 6.32. The molecule has 2 nitrogen and oxygen atoms in total. The molecule has 1 aliphatic rings. The quantitative estimate of drug-likeness (QED) is 0.706. The Morgan fingerprint density at radius 3 is 2.21 bits per heavy atom. The lowest BCUT2D eigenvalue weighted by Crippen LogP contribution is -2.44. The first kappa shape index (κ1) is 17.0. The minimum atomic E-state index is 0.00667. The van der Waals surface area contributed by atoms with Gasteiger partial charge in [-0.25, -0.2) is 0 Å². The van der Waals surface area contributed by atoms with E-state index in [0.717, 1.165) is 12.3 Å². The van der Waals surface area contributed by atoms with Crippen LogP contribution in [0.1, 0.15) is 72.6 Å². The second-order valence-corrected chi connectivity index (χ2v) is 7.51. The fraction of sp³-hybridized carbons (Fsp3) is 1.00. The van der Waals surface area contributed by atoms with Gasteiger partial charge in [-0.05, 0) is 64.3 Å². The molecule has 2 heteroatoms. The van der Waals surface area contributed by atoms with E-state index in [2.05, 4.69) is 40.1 Å². The molecule has 0 amide bonds. The second-order valence-electron chi connectivity index (χ2n) is 7.51. The van der Waals surface area contributed by atoms with E-state index in [9.17, 15) is 0 Å². The molecular formula is C17H35NO. The highest BCUT2D eigenvalue weighted by molar-refractivity contribution is 4.95. The van der Waals surface area contributed by atoms with Gasteiger partial charge in [-0.1, -0.05) is 26.7 Å². The summed E-state index contributed by atoms with van der Waals surface area (Å²) in [6, 6.07) is 0.645. The molecule has 0 radical (unpaired) electrons. The highest BCUT2D eigenvalue weighted by Crippen LogP contribution is 2.47. The summed E-state index contributed by atoms with van der Waals surface area (Å²) in [7, 11) is 3.97. The zero-order valence-corrected chi connectivity index (χ0v) is 14.0. The largest absolute Gasteiger partial charge is 0.379 e. The first-order chi connectivity index (χ1) is 8.85. The van der Waals surface area contributed by atoms with Crippen LogP contribution in [0.3, 0.4) is 0 Å². The van der Waals surface area contributed by atoms with Gasteiger partial charge >= 0.3 is 0 Å². The van der Waals surface area contributed by atoms with Crippen LogP contribution in [-0.4, -0.2) is 25.8 Å². The fourth-order valence-corrected chi connectivity index (χ4v) is 3.94. The lowest BCUT2D eigenvalue weighted by atomic mass is 9.70. The summed E-state index contributed by atoms with van der Waals surface area (Å²) in [5.74, 6) is 0.796. The van der Waals surface area contributed by atoms with Crippen LogP contribution in [0.25, 0.3) is 0 Å². The molecule has 1 unspecified atom stereocenters. The molecule has 0 aliphatic heterocycles. The average molecular weight is 269 g/mol. The number of methoxy groups -OCH3 is 1. The van der Waals surface area contributed by atoms with Crippen molar-refractivity contribution >= 4 is 0 Å². The molecule has 0 aromatic rings. The van der Waals surface area contributed by atoms with Gasteiger partial charge in [0.2, 0.25) is 0 Å². The number of hydrogen-bond donors (Lipinski definition) is 1. The van der Waals surface area contributed by atoms with Gasteiger partial charge < -0.3 is 10.1 Å². The predicted octanol–water partition coefficient (Wildman–Crippen LogP) is 4.39. The highest BCUT2D eigenvalue weighted by Gasteiger charge is 2.41. The maximum Gasteiger partial charge on any atom is 0.0623 e. The first-order valence-electron chi connectivity index (χ1n) is 8.08. The van der Waals surface area contributed by atoms with Crippen LogP contribution in [0.4, 0.5) is 0 Å². The zero-order chi connectivity index (χ0) is 14.5. The molecule has 0 aromatic carbocycles. The van der Waals surface area contributed by atoms with E-state index in [-0.39, 0.29) is 5.60 Å². The molecule has 1 rings (SSSR count). The molecule has 0 heterocycles. The van der Waals surface area contributed by atoms with E-state index in [0.29, 0.717) is 11.5 Å². The van der Waals surface area contributed by atoms with Crippen molar-refractivity contribution in [2.45, 2.75) is 84.3 Å². The van der Waals surface area contributed by atoms with Crippen LogP contribution in [-0.2, 0) is 4.74 Å². The average Bonchev–Trinajstić information content (AvgIpc) is 2.78. The van der Waals surface area contributed by atoms with Gasteiger partial charge in [0, 0.05) is 13.2 Å². The van der Waals surface area contributed by atoms with E-state index >= 15 is 0 Å². The minimum Gasteiger partial charge on any atom is -0.379 e. The van der Waals surface area contributed by atoms with Crippen molar-refractivity contribution in [3.8, 4) is 0 Å². The predicted molar refractivity (Wildman–Crippen MR) is 83.5 cm³/mol. The summed E-state index contributed by atoms with van der Waals surface area (Å²) in [5, 5.41) is 3.63. The topological polar surface area (TPSA) is 21.3 Å². The van der Waals surface area contributed by atoms with Gasteiger partial charge in [0.15, 0.2) is 0 Å². The monoisotopic (exact) mass is 269 g/mol. The van der Waals surface area contributed by atoms with Gasteiger partial charge in [-0.15, -0.1) is 0 Å². The van der Waals surface area contributed by atoms with E-state index in [4.69, 9.17) is 4.74 Å². The van der Waals surface area contributed by atoms with E-state index in [1.807, 2.05) is 7.11 Å². The van der Waals surface area contributed by atoms with E-state index < -0.39 is 0 Å². The van der Waals surface area contributed by atoms with Crippen molar-refractivity contribution in [3.63, 3.8) is 0 Å². The van der Waals surface area contributed by atoms with Crippen molar-refractivity contribution in [3.05, 3.63) is 0 Å². The molecule has 0 bridgehead atoms. The van der Waals surface area contributed by atoms with Crippen LogP contribution < -0.4 is 5.32 Å². The Morgan fingerprint density at radius 1 is 1.21 bits per heavy atom. The van der Waals surface area contributed by atoms with Crippen molar-refractivity contribution in [1.82, 2.24) is 5.32 Å². The Balaban J connectivity index is 2.69. The number of ether oxygens (including phenoxy) is 1. The number of hydrogen-bond acceptors (Lipinski definition) is 2. The molecule has 1 fully saturated rings. The normalized spacial score (nSPS) is 21.0. The van der Waals surface area contributed by atoms with Crippen LogP contribution >= 0.6 is 0 Å². The van der Waals surface area contributed by atoms with Crippen LogP contribution in [0.5, 0.6) is 0 Å². The summed E-state index contributed by atoms with van der Waals surface area (Å²) >= 11 is 0.